The molecule has 0 N–H and O–H groups in total. The molecule has 0 saturated heterocycles. The lowest BCUT2D eigenvalue weighted by atomic mass is 10.0. The van der Waals surface area contributed by atoms with Crippen molar-refractivity contribution in [3.05, 3.63) is 35.9 Å². The summed E-state index contributed by atoms with van der Waals surface area (Å²) in [7, 11) is -3.21. The fraction of sp³-hybridized carbons (Fsp3) is 0.462. The van der Waals surface area contributed by atoms with Gasteiger partial charge in [-0.05, 0) is 18.9 Å². The summed E-state index contributed by atoms with van der Waals surface area (Å²) in [5.41, 5.74) is 0.930. The van der Waals surface area contributed by atoms with Crippen molar-refractivity contribution in [3.63, 3.8) is 0 Å². The number of hydrogen-bond donors (Lipinski definition) is 0. The highest BCUT2D eigenvalue weighted by molar-refractivity contribution is 7.90. The first-order valence-corrected chi connectivity index (χ1v) is 7.86. The fourth-order valence-electron chi connectivity index (χ4n) is 1.73. The van der Waals surface area contributed by atoms with Crippen molar-refractivity contribution in [3.8, 4) is 0 Å². The van der Waals surface area contributed by atoms with Crippen LogP contribution in [0.15, 0.2) is 30.3 Å². The molecule has 0 spiro atoms. The summed E-state index contributed by atoms with van der Waals surface area (Å²) in [5, 5.41) is 0. The SMILES string of the molecule is CCOC(=O)C(Cc1ccccc1)CS(C)(=O)=O. The molecule has 18 heavy (non-hydrogen) atoms. The number of ether oxygens (including phenoxy) is 1. The van der Waals surface area contributed by atoms with Crippen LogP contribution in [0.5, 0.6) is 0 Å². The summed E-state index contributed by atoms with van der Waals surface area (Å²) >= 11 is 0. The largest absolute Gasteiger partial charge is 0.466 e. The molecule has 1 unspecified atom stereocenters. The third-order valence-corrected chi connectivity index (χ3v) is 3.46. The minimum atomic E-state index is -3.21. The van der Waals surface area contributed by atoms with Crippen molar-refractivity contribution in [2.45, 2.75) is 13.3 Å². The van der Waals surface area contributed by atoms with E-state index in [1.165, 1.54) is 0 Å². The Morgan fingerprint density at radius 1 is 1.28 bits per heavy atom. The van der Waals surface area contributed by atoms with Gasteiger partial charge >= 0.3 is 5.97 Å². The average Bonchev–Trinajstić information content (AvgIpc) is 2.28. The number of rotatable bonds is 6. The molecule has 0 radical (unpaired) electrons. The van der Waals surface area contributed by atoms with Gasteiger partial charge in [0, 0.05) is 6.26 Å². The molecular formula is C13H18O4S. The second kappa shape index (κ2) is 6.54. The quantitative estimate of drug-likeness (QED) is 0.734. The monoisotopic (exact) mass is 270 g/mol. The third-order valence-electron chi connectivity index (χ3n) is 2.45. The Morgan fingerprint density at radius 2 is 1.89 bits per heavy atom. The smallest absolute Gasteiger partial charge is 0.310 e. The minimum absolute atomic E-state index is 0.180. The van der Waals surface area contributed by atoms with Crippen LogP contribution in [0.25, 0.3) is 0 Å². The van der Waals surface area contributed by atoms with Gasteiger partial charge in [-0.1, -0.05) is 30.3 Å². The molecule has 1 atom stereocenters. The van der Waals surface area contributed by atoms with Gasteiger partial charge in [0.05, 0.1) is 18.3 Å². The predicted octanol–water partition coefficient (Wildman–Crippen LogP) is 1.45. The molecule has 5 heteroatoms. The summed E-state index contributed by atoms with van der Waals surface area (Å²) in [6, 6.07) is 9.33. The lowest BCUT2D eigenvalue weighted by molar-refractivity contribution is -0.147. The number of benzene rings is 1. The van der Waals surface area contributed by atoms with Gasteiger partial charge in [-0.15, -0.1) is 0 Å². The van der Waals surface area contributed by atoms with Crippen molar-refractivity contribution in [2.75, 3.05) is 18.6 Å². The second-order valence-corrected chi connectivity index (χ2v) is 6.42. The molecule has 4 nitrogen and oxygen atoms in total. The molecule has 0 aromatic heterocycles. The molecule has 0 aliphatic heterocycles. The van der Waals surface area contributed by atoms with Gasteiger partial charge in [0.2, 0.25) is 0 Å². The molecular weight excluding hydrogens is 252 g/mol. The fourth-order valence-corrected chi connectivity index (χ4v) is 2.72. The van der Waals surface area contributed by atoms with Crippen LogP contribution in [-0.4, -0.2) is 33.0 Å². The van der Waals surface area contributed by atoms with Gasteiger partial charge in [0.1, 0.15) is 9.84 Å². The van der Waals surface area contributed by atoms with Crippen LogP contribution < -0.4 is 0 Å². The molecule has 0 saturated carbocycles. The zero-order valence-corrected chi connectivity index (χ0v) is 11.4. The van der Waals surface area contributed by atoms with E-state index in [0.29, 0.717) is 6.42 Å². The molecule has 0 heterocycles. The number of carbonyl (C=O) groups excluding carboxylic acids is 1. The summed E-state index contributed by atoms with van der Waals surface area (Å²) in [4.78, 5) is 11.7. The maximum absolute atomic E-state index is 11.7. The standard InChI is InChI=1S/C13H18O4S/c1-3-17-13(14)12(10-18(2,15)16)9-11-7-5-4-6-8-11/h4-8,12H,3,9-10H2,1-2H3. The van der Waals surface area contributed by atoms with Crippen molar-refractivity contribution < 1.29 is 17.9 Å². The highest BCUT2D eigenvalue weighted by Gasteiger charge is 2.24. The molecule has 100 valence electrons. The van der Waals surface area contributed by atoms with E-state index in [9.17, 15) is 13.2 Å². The predicted molar refractivity (Wildman–Crippen MR) is 70.0 cm³/mol. The molecule has 0 amide bonds. The molecule has 1 aromatic rings. The Bertz CT molecular complexity index is 479. The van der Waals surface area contributed by atoms with Gasteiger partial charge in [-0.25, -0.2) is 8.42 Å². The number of esters is 1. The van der Waals surface area contributed by atoms with E-state index in [1.54, 1.807) is 6.92 Å². The number of sulfone groups is 1. The highest BCUT2D eigenvalue weighted by Crippen LogP contribution is 2.13. The maximum Gasteiger partial charge on any atom is 0.310 e. The minimum Gasteiger partial charge on any atom is -0.466 e. The average molecular weight is 270 g/mol. The van der Waals surface area contributed by atoms with Crippen LogP contribution in [0.1, 0.15) is 12.5 Å². The van der Waals surface area contributed by atoms with Crippen LogP contribution in [-0.2, 0) is 25.8 Å². The Labute approximate surface area is 108 Å². The first-order valence-electron chi connectivity index (χ1n) is 5.80. The van der Waals surface area contributed by atoms with Crippen LogP contribution in [0.3, 0.4) is 0 Å². The first-order chi connectivity index (χ1) is 8.42. The zero-order valence-electron chi connectivity index (χ0n) is 10.6. The Balaban J connectivity index is 2.81. The first kappa shape index (κ1) is 14.7. The molecule has 0 bridgehead atoms. The van der Waals surface area contributed by atoms with E-state index >= 15 is 0 Å². The van der Waals surface area contributed by atoms with Crippen LogP contribution in [0, 0.1) is 5.92 Å². The van der Waals surface area contributed by atoms with E-state index in [4.69, 9.17) is 4.74 Å². The maximum atomic E-state index is 11.7. The van der Waals surface area contributed by atoms with E-state index in [0.717, 1.165) is 11.8 Å². The van der Waals surface area contributed by atoms with E-state index < -0.39 is 21.7 Å². The second-order valence-electron chi connectivity index (χ2n) is 4.23. The molecule has 0 aliphatic rings. The van der Waals surface area contributed by atoms with Crippen molar-refractivity contribution in [1.29, 1.82) is 0 Å². The van der Waals surface area contributed by atoms with Crippen LogP contribution in [0.2, 0.25) is 0 Å². The summed E-state index contributed by atoms with van der Waals surface area (Å²) in [5.74, 6) is -1.27. The zero-order chi connectivity index (χ0) is 13.6. The van der Waals surface area contributed by atoms with Gasteiger partial charge < -0.3 is 4.74 Å². The van der Waals surface area contributed by atoms with Crippen molar-refractivity contribution >= 4 is 15.8 Å². The topological polar surface area (TPSA) is 60.4 Å². The molecule has 1 aromatic carbocycles. The van der Waals surface area contributed by atoms with Gasteiger partial charge in [0.25, 0.3) is 0 Å². The summed E-state index contributed by atoms with van der Waals surface area (Å²) in [6.07, 6.45) is 1.51. The lowest BCUT2D eigenvalue weighted by Crippen LogP contribution is -2.27. The van der Waals surface area contributed by atoms with E-state index in [2.05, 4.69) is 0 Å². The Hall–Kier alpha value is -1.36. The Kier molecular flexibility index (Phi) is 5.34. The molecule has 0 fully saturated rings. The summed E-state index contributed by atoms with van der Waals surface area (Å²) < 4.78 is 27.6. The van der Waals surface area contributed by atoms with Crippen molar-refractivity contribution in [1.82, 2.24) is 0 Å². The molecule has 1 rings (SSSR count). The van der Waals surface area contributed by atoms with Gasteiger partial charge in [0.15, 0.2) is 0 Å². The Morgan fingerprint density at radius 3 is 2.39 bits per heavy atom. The lowest BCUT2D eigenvalue weighted by Gasteiger charge is -2.14. The van der Waals surface area contributed by atoms with Crippen LogP contribution >= 0.6 is 0 Å². The third kappa shape index (κ3) is 5.31. The van der Waals surface area contributed by atoms with Gasteiger partial charge in [-0.3, -0.25) is 4.79 Å². The normalized spacial score (nSPS) is 13.0. The highest BCUT2D eigenvalue weighted by atomic mass is 32.2. The van der Waals surface area contributed by atoms with E-state index in [1.807, 2.05) is 30.3 Å². The van der Waals surface area contributed by atoms with Gasteiger partial charge in [-0.2, -0.15) is 0 Å². The molecule has 0 aliphatic carbocycles. The van der Waals surface area contributed by atoms with Crippen molar-refractivity contribution in [2.24, 2.45) is 5.92 Å². The summed E-state index contributed by atoms with van der Waals surface area (Å²) in [6.45, 7) is 1.96. The van der Waals surface area contributed by atoms with Crippen LogP contribution in [0.4, 0.5) is 0 Å². The number of carbonyl (C=O) groups is 1. The van der Waals surface area contributed by atoms with E-state index in [-0.39, 0.29) is 12.4 Å². The number of hydrogen-bond acceptors (Lipinski definition) is 4.